The molecule has 1 heterocycles. The molecule has 0 atom stereocenters. The first-order valence-corrected chi connectivity index (χ1v) is 5.50. The number of hydrogen-bond acceptors (Lipinski definition) is 3. The predicted octanol–water partition coefficient (Wildman–Crippen LogP) is 2.98. The first-order chi connectivity index (χ1) is 8.20. The van der Waals surface area contributed by atoms with Crippen LogP contribution in [0, 0.1) is 13.8 Å². The highest BCUT2D eigenvalue weighted by molar-refractivity contribution is 5.41. The first-order valence-electron chi connectivity index (χ1n) is 5.50. The van der Waals surface area contributed by atoms with Crippen LogP contribution in [0.3, 0.4) is 0 Å². The summed E-state index contributed by atoms with van der Waals surface area (Å²) in [5.41, 5.74) is 2.92. The summed E-state index contributed by atoms with van der Waals surface area (Å²) >= 11 is 0. The molecular formula is C14H15NO2. The van der Waals surface area contributed by atoms with Gasteiger partial charge in [0.25, 0.3) is 0 Å². The lowest BCUT2D eigenvalue weighted by molar-refractivity contribution is 0.276. The minimum Gasteiger partial charge on any atom is -0.457 e. The number of benzene rings is 1. The molecule has 88 valence electrons. The van der Waals surface area contributed by atoms with E-state index in [1.807, 2.05) is 32.0 Å². The number of pyridine rings is 1. The van der Waals surface area contributed by atoms with Gasteiger partial charge in [-0.2, -0.15) is 0 Å². The molecule has 0 aliphatic heterocycles. The van der Waals surface area contributed by atoms with Gasteiger partial charge in [-0.3, -0.25) is 4.98 Å². The second-order valence-corrected chi connectivity index (χ2v) is 3.94. The van der Waals surface area contributed by atoms with Gasteiger partial charge in [-0.25, -0.2) is 0 Å². The van der Waals surface area contributed by atoms with Crippen molar-refractivity contribution in [1.29, 1.82) is 0 Å². The third-order valence-corrected chi connectivity index (χ3v) is 2.73. The lowest BCUT2D eigenvalue weighted by atomic mass is 10.1. The average molecular weight is 229 g/mol. The molecule has 0 fully saturated rings. The van der Waals surface area contributed by atoms with Crippen LogP contribution in [0.1, 0.15) is 16.8 Å². The van der Waals surface area contributed by atoms with Crippen LogP contribution in [-0.4, -0.2) is 10.1 Å². The number of nitrogens with zero attached hydrogens (tertiary/aromatic N) is 1. The van der Waals surface area contributed by atoms with E-state index in [0.717, 1.165) is 11.3 Å². The highest BCUT2D eigenvalue weighted by atomic mass is 16.5. The summed E-state index contributed by atoms with van der Waals surface area (Å²) in [6, 6.07) is 9.46. The highest BCUT2D eigenvalue weighted by Gasteiger charge is 2.04. The molecule has 0 amide bonds. The number of aromatic nitrogens is 1. The van der Waals surface area contributed by atoms with Crippen LogP contribution in [0.15, 0.2) is 36.5 Å². The molecule has 3 nitrogen and oxygen atoms in total. The predicted molar refractivity (Wildman–Crippen MR) is 66.1 cm³/mol. The van der Waals surface area contributed by atoms with E-state index in [9.17, 15) is 0 Å². The normalized spacial score (nSPS) is 10.3. The van der Waals surface area contributed by atoms with Gasteiger partial charge < -0.3 is 9.84 Å². The maximum Gasteiger partial charge on any atom is 0.130 e. The molecular weight excluding hydrogens is 214 g/mol. The van der Waals surface area contributed by atoms with Crippen molar-refractivity contribution in [3.63, 3.8) is 0 Å². The van der Waals surface area contributed by atoms with Gasteiger partial charge in [-0.15, -0.1) is 0 Å². The van der Waals surface area contributed by atoms with Gasteiger partial charge in [0.15, 0.2) is 0 Å². The third-order valence-electron chi connectivity index (χ3n) is 2.73. The van der Waals surface area contributed by atoms with E-state index in [1.54, 1.807) is 18.3 Å². The fourth-order valence-corrected chi connectivity index (χ4v) is 1.57. The van der Waals surface area contributed by atoms with Crippen molar-refractivity contribution in [2.24, 2.45) is 0 Å². The van der Waals surface area contributed by atoms with Crippen molar-refractivity contribution in [2.75, 3.05) is 0 Å². The van der Waals surface area contributed by atoms with Crippen LogP contribution in [0.2, 0.25) is 0 Å². The summed E-state index contributed by atoms with van der Waals surface area (Å²) < 4.78 is 5.78. The molecule has 0 bridgehead atoms. The lowest BCUT2D eigenvalue weighted by Gasteiger charge is -2.10. The van der Waals surface area contributed by atoms with E-state index >= 15 is 0 Å². The van der Waals surface area contributed by atoms with Crippen LogP contribution in [0.25, 0.3) is 0 Å². The average Bonchev–Trinajstić information content (AvgIpc) is 2.35. The van der Waals surface area contributed by atoms with Gasteiger partial charge in [-0.05, 0) is 37.1 Å². The van der Waals surface area contributed by atoms with E-state index in [1.165, 1.54) is 5.56 Å². The zero-order valence-electron chi connectivity index (χ0n) is 9.97. The quantitative estimate of drug-likeness (QED) is 0.879. The van der Waals surface area contributed by atoms with Gasteiger partial charge in [0.2, 0.25) is 0 Å². The molecule has 0 saturated carbocycles. The van der Waals surface area contributed by atoms with Gasteiger partial charge in [-0.1, -0.05) is 12.1 Å². The fourth-order valence-electron chi connectivity index (χ4n) is 1.57. The van der Waals surface area contributed by atoms with Crippen LogP contribution in [0.4, 0.5) is 0 Å². The Labute approximate surface area is 101 Å². The minimum absolute atomic E-state index is 0.0794. The Kier molecular flexibility index (Phi) is 3.40. The van der Waals surface area contributed by atoms with Crippen LogP contribution >= 0.6 is 0 Å². The zero-order chi connectivity index (χ0) is 12.3. The molecule has 1 aromatic carbocycles. The third kappa shape index (κ3) is 2.63. The van der Waals surface area contributed by atoms with Crippen LogP contribution in [-0.2, 0) is 6.61 Å². The number of aryl methyl sites for hydroxylation is 1. The SMILES string of the molecule is Cc1cccc(Oc2ccnc(CO)c2)c1C. The Balaban J connectivity index is 2.28. The molecule has 0 aliphatic rings. The lowest BCUT2D eigenvalue weighted by Crippen LogP contribution is -1.93. The van der Waals surface area contributed by atoms with Crippen LogP contribution in [0.5, 0.6) is 11.5 Å². The number of aliphatic hydroxyl groups is 1. The Morgan fingerprint density at radius 1 is 1.24 bits per heavy atom. The second kappa shape index (κ2) is 4.97. The molecule has 3 heteroatoms. The van der Waals surface area contributed by atoms with E-state index in [-0.39, 0.29) is 6.61 Å². The summed E-state index contributed by atoms with van der Waals surface area (Å²) in [5.74, 6) is 1.53. The van der Waals surface area contributed by atoms with Crippen LogP contribution < -0.4 is 4.74 Å². The highest BCUT2D eigenvalue weighted by Crippen LogP contribution is 2.26. The Morgan fingerprint density at radius 3 is 2.82 bits per heavy atom. The van der Waals surface area contributed by atoms with Crippen molar-refractivity contribution in [2.45, 2.75) is 20.5 Å². The van der Waals surface area contributed by atoms with E-state index in [0.29, 0.717) is 11.4 Å². The maximum atomic E-state index is 9.01. The van der Waals surface area contributed by atoms with Crippen molar-refractivity contribution in [3.8, 4) is 11.5 Å². The van der Waals surface area contributed by atoms with Crippen molar-refractivity contribution >= 4 is 0 Å². The molecule has 0 unspecified atom stereocenters. The number of aliphatic hydroxyl groups excluding tert-OH is 1. The van der Waals surface area contributed by atoms with E-state index < -0.39 is 0 Å². The number of rotatable bonds is 3. The van der Waals surface area contributed by atoms with Gasteiger partial charge in [0, 0.05) is 12.3 Å². The monoisotopic (exact) mass is 229 g/mol. The Morgan fingerprint density at radius 2 is 2.06 bits per heavy atom. The van der Waals surface area contributed by atoms with Gasteiger partial charge in [0.1, 0.15) is 11.5 Å². The summed E-state index contributed by atoms with van der Waals surface area (Å²) in [6.07, 6.45) is 1.63. The van der Waals surface area contributed by atoms with Gasteiger partial charge >= 0.3 is 0 Å². The van der Waals surface area contributed by atoms with Crippen molar-refractivity contribution in [3.05, 3.63) is 53.3 Å². The largest absolute Gasteiger partial charge is 0.457 e. The summed E-state index contributed by atoms with van der Waals surface area (Å²) in [4.78, 5) is 4.01. The number of ether oxygens (including phenoxy) is 1. The Bertz CT molecular complexity index is 523. The molecule has 0 radical (unpaired) electrons. The molecule has 0 saturated heterocycles. The molecule has 2 aromatic rings. The van der Waals surface area contributed by atoms with Gasteiger partial charge in [0.05, 0.1) is 12.3 Å². The molecule has 0 aliphatic carbocycles. The minimum atomic E-state index is -0.0794. The van der Waals surface area contributed by atoms with Crippen molar-refractivity contribution < 1.29 is 9.84 Å². The van der Waals surface area contributed by atoms with Crippen molar-refractivity contribution in [1.82, 2.24) is 4.98 Å². The van der Waals surface area contributed by atoms with E-state index in [4.69, 9.17) is 9.84 Å². The Hall–Kier alpha value is -1.87. The second-order valence-electron chi connectivity index (χ2n) is 3.94. The fraction of sp³-hybridized carbons (Fsp3) is 0.214. The number of hydrogen-bond donors (Lipinski definition) is 1. The molecule has 1 N–H and O–H groups in total. The zero-order valence-corrected chi connectivity index (χ0v) is 9.97. The topological polar surface area (TPSA) is 42.4 Å². The summed E-state index contributed by atoms with van der Waals surface area (Å²) in [6.45, 7) is 4.00. The standard InChI is InChI=1S/C14H15NO2/c1-10-4-3-5-14(11(10)2)17-13-6-7-15-12(8-13)9-16/h3-8,16H,9H2,1-2H3. The summed E-state index contributed by atoms with van der Waals surface area (Å²) in [7, 11) is 0. The molecule has 2 rings (SSSR count). The maximum absolute atomic E-state index is 9.01. The summed E-state index contributed by atoms with van der Waals surface area (Å²) in [5, 5.41) is 9.01. The molecule has 0 spiro atoms. The van der Waals surface area contributed by atoms with E-state index in [2.05, 4.69) is 4.98 Å². The smallest absolute Gasteiger partial charge is 0.130 e. The first kappa shape index (κ1) is 11.6. The molecule has 1 aromatic heterocycles. The molecule has 17 heavy (non-hydrogen) atoms.